The first-order chi connectivity index (χ1) is 3.46. The molecule has 0 heterocycles. The number of rotatable bonds is 0. The predicted octanol–water partition coefficient (Wildman–Crippen LogP) is -15.3. The summed E-state index contributed by atoms with van der Waals surface area (Å²) in [7, 11) is 0. The Morgan fingerprint density at radius 2 is 0.409 bits per heavy atom. The van der Waals surface area contributed by atoms with E-state index in [-0.39, 0.29) is 134 Å². The van der Waals surface area contributed by atoms with Crippen LogP contribution in [-0.4, -0.2) is 110 Å². The Labute approximate surface area is 182 Å². The van der Waals surface area contributed by atoms with Crippen molar-refractivity contribution < 1.29 is 144 Å². The fourth-order valence-corrected chi connectivity index (χ4v) is 0. The number of hydrogen-bond donors (Lipinski definition) is 0. The Bertz CT molecular complexity index is 79.1. The zero-order valence-corrected chi connectivity index (χ0v) is 16.8. The molecule has 0 aliphatic carbocycles. The van der Waals surface area contributed by atoms with E-state index < -0.39 is 22.7 Å². The monoisotopic (exact) mass is 442 g/mol. The molecule has 0 spiro atoms. The van der Waals surface area contributed by atoms with Gasteiger partial charge in [-0.1, -0.05) is 0 Å². The zero-order chi connectivity index (χ0) is 7.15. The summed E-state index contributed by atoms with van der Waals surface area (Å²) in [5, 5.41) is 0. The molecule has 0 saturated heterocycles. The first kappa shape index (κ1) is 203. The molecule has 0 radical (unpaired) electrons. The van der Waals surface area contributed by atoms with E-state index in [1.807, 2.05) is 0 Å². The van der Waals surface area contributed by atoms with Gasteiger partial charge in [0.25, 0.3) is 0 Å². The summed E-state index contributed by atoms with van der Waals surface area (Å²) in [6.07, 6.45) is 0. The van der Waals surface area contributed by atoms with Gasteiger partial charge >= 0.3 is 68.7 Å². The summed E-state index contributed by atoms with van der Waals surface area (Å²) in [6, 6.07) is 0. The molecule has 0 aliphatic heterocycles. The van der Waals surface area contributed by atoms with Crippen molar-refractivity contribution in [1.82, 2.24) is 0 Å². The van der Waals surface area contributed by atoms with Crippen LogP contribution < -0.4 is 51.4 Å². The van der Waals surface area contributed by atoms with Crippen molar-refractivity contribution in [2.75, 3.05) is 0 Å². The average molecular weight is 442 g/mol. The molecular weight excluding hydrogens is 418 g/mol. The van der Waals surface area contributed by atoms with Crippen molar-refractivity contribution in [3.63, 3.8) is 0 Å². The summed E-state index contributed by atoms with van der Waals surface area (Å²) >= 11 is -6.22. The Balaban J connectivity index is -0.00000000143. The Morgan fingerprint density at radius 1 is 0.409 bits per heavy atom. The van der Waals surface area contributed by atoms with Crippen molar-refractivity contribution >= 4 is 40.1 Å². The molecule has 0 rings (SSSR count). The number of hydrogen-bond acceptors (Lipinski definition) is 6. The molecule has 0 aromatic rings. The van der Waals surface area contributed by atoms with Gasteiger partial charge in [-0.15, -0.1) is 22.7 Å². The molecule has 0 unspecified atom stereocenters. The van der Waals surface area contributed by atoms with Gasteiger partial charge in [-0.05, 0) is 0 Å². The van der Waals surface area contributed by atoms with E-state index in [2.05, 4.69) is 0 Å². The van der Waals surface area contributed by atoms with E-state index in [9.17, 15) is 0 Å². The standard InChI is InChI=1S/Al.K.2H2O3S.12H2O/c;;2*1-4(2)3;;;;;;;;;;;;/h;;2*(H2,1,2,3);12*1H2/q+3;+1;;;;;;;;;;;;;;/p-4. The van der Waals surface area contributed by atoms with Gasteiger partial charge in [-0.2, -0.15) is 0 Å². The molecule has 0 aromatic heterocycles. The minimum atomic E-state index is -3.11. The maximum atomic E-state index is 8.44. The smallest absolute Gasteiger partial charge is 0.784 e. The Kier molecular flexibility index (Phi) is 1630. The molecule has 0 amide bonds. The average Bonchev–Trinajstić information content (AvgIpc) is 1.25. The Hall–Kier alpha value is 1.83. The molecule has 0 aromatic carbocycles. The van der Waals surface area contributed by atoms with Gasteiger partial charge < -0.3 is 83.9 Å². The van der Waals surface area contributed by atoms with Crippen LogP contribution >= 0.6 is 0 Å². The van der Waals surface area contributed by atoms with E-state index in [0.717, 1.165) is 0 Å². The third-order valence-corrected chi connectivity index (χ3v) is 0. The van der Waals surface area contributed by atoms with Crippen LogP contribution in [0.15, 0.2) is 0 Å². The fraction of sp³-hybridized carbons (Fsp3) is 0. The van der Waals surface area contributed by atoms with Crippen LogP contribution in [0.4, 0.5) is 0 Å². The second-order valence-electron chi connectivity index (χ2n) is 0.408. The summed E-state index contributed by atoms with van der Waals surface area (Å²) in [5.41, 5.74) is 0. The van der Waals surface area contributed by atoms with Crippen LogP contribution in [-0.2, 0) is 22.7 Å². The van der Waals surface area contributed by atoms with Gasteiger partial charge in [0.05, 0.1) is 0 Å². The van der Waals surface area contributed by atoms with E-state index in [1.54, 1.807) is 0 Å². The molecule has 0 fully saturated rings. The van der Waals surface area contributed by atoms with Crippen LogP contribution in [0.25, 0.3) is 0 Å². The van der Waals surface area contributed by atoms with Crippen LogP contribution in [0.3, 0.4) is 0 Å². The molecule has 0 bridgehead atoms. The van der Waals surface area contributed by atoms with Gasteiger partial charge in [0.15, 0.2) is 0 Å². The van der Waals surface area contributed by atoms with E-state index in [1.165, 1.54) is 0 Å². The SMILES string of the molecule is O.O.O.O.O.O.O.O.O.O.O.O.O=S([O-])[O-].O=S([O-])[O-].[Al+3].[K+]. The summed E-state index contributed by atoms with van der Waals surface area (Å²) in [6.45, 7) is 0. The summed E-state index contributed by atoms with van der Waals surface area (Å²) in [5.74, 6) is 0. The van der Waals surface area contributed by atoms with E-state index >= 15 is 0 Å². The van der Waals surface area contributed by atoms with Gasteiger partial charge in [0.1, 0.15) is 0 Å². The third kappa shape index (κ3) is 2830. The Morgan fingerprint density at radius 3 is 0.409 bits per heavy atom. The van der Waals surface area contributed by atoms with E-state index in [4.69, 9.17) is 26.6 Å². The van der Waals surface area contributed by atoms with Crippen LogP contribution in [0.5, 0.6) is 0 Å². The van der Waals surface area contributed by atoms with Gasteiger partial charge in [0.2, 0.25) is 0 Å². The van der Waals surface area contributed by atoms with Gasteiger partial charge in [-0.25, -0.2) is 0 Å². The first-order valence-corrected chi connectivity index (χ1v) is 3.00. The molecule has 0 saturated carbocycles. The van der Waals surface area contributed by atoms with Crippen LogP contribution in [0, 0.1) is 0 Å². The van der Waals surface area contributed by atoms with Crippen LogP contribution in [0.1, 0.15) is 0 Å². The molecule has 22 heavy (non-hydrogen) atoms. The summed E-state index contributed by atoms with van der Waals surface area (Å²) in [4.78, 5) is 0. The van der Waals surface area contributed by atoms with Gasteiger partial charge in [-0.3, -0.25) is 8.42 Å². The topological polar surface area (TPSA) is 504 Å². The maximum absolute atomic E-state index is 8.44. The normalized spacial score (nSPS) is 3.18. The van der Waals surface area contributed by atoms with Crippen molar-refractivity contribution in [1.29, 1.82) is 0 Å². The van der Waals surface area contributed by atoms with Crippen molar-refractivity contribution in [2.45, 2.75) is 0 Å². The third-order valence-electron chi connectivity index (χ3n) is 0. The van der Waals surface area contributed by atoms with E-state index in [0.29, 0.717) is 0 Å². The molecule has 22 heteroatoms. The quantitative estimate of drug-likeness (QED) is 0.258. The predicted molar refractivity (Wildman–Crippen MR) is 68.5 cm³/mol. The largest absolute Gasteiger partial charge is 3.00 e. The molecule has 148 valence electrons. The molecule has 0 atom stereocenters. The first-order valence-electron chi connectivity index (χ1n) is 1.00. The zero-order valence-electron chi connectivity index (χ0n) is 10.8. The fourth-order valence-electron chi connectivity index (χ4n) is 0. The van der Waals surface area contributed by atoms with Gasteiger partial charge in [0, 0.05) is 0 Å². The second-order valence-corrected chi connectivity index (χ2v) is 1.22. The van der Waals surface area contributed by atoms with Crippen LogP contribution in [0.2, 0.25) is 0 Å². The minimum absolute atomic E-state index is 0. The van der Waals surface area contributed by atoms with Crippen molar-refractivity contribution in [3.8, 4) is 0 Å². The molecule has 0 aliphatic rings. The summed E-state index contributed by atoms with van der Waals surface area (Å²) < 4.78 is 50.7. The molecule has 18 nitrogen and oxygen atoms in total. The second kappa shape index (κ2) is 177. The van der Waals surface area contributed by atoms with Crippen molar-refractivity contribution in [2.24, 2.45) is 0 Å². The minimum Gasteiger partial charge on any atom is -0.784 e. The molecule has 24 N–H and O–H groups in total. The maximum Gasteiger partial charge on any atom is 3.00 e. The molecular formula is H24AlKO18S2. The van der Waals surface area contributed by atoms with Crippen molar-refractivity contribution in [3.05, 3.63) is 0 Å².